The molecule has 0 amide bonds. The summed E-state index contributed by atoms with van der Waals surface area (Å²) < 4.78 is 2.97. The Hall–Kier alpha value is -4.14. The van der Waals surface area contributed by atoms with Crippen LogP contribution in [0.2, 0.25) is 0 Å². The number of fused-ring (bicyclic) bond motifs is 1. The van der Waals surface area contributed by atoms with Gasteiger partial charge in [-0.25, -0.2) is 10.2 Å². The fourth-order valence-electron chi connectivity index (χ4n) is 3.32. The maximum Gasteiger partial charge on any atom is 0.329 e. The van der Waals surface area contributed by atoms with Crippen molar-refractivity contribution in [2.45, 2.75) is 20.4 Å². The number of hydrogen-bond acceptors (Lipinski definition) is 6. The standard InChI is InChI=1S/C22H22N6O3/c1-13-8-10-15(11-9-13)12-28-18-19(27(3)22(31)24-20(18)30)23-21(28)26-25-14(2)16-6-4-5-7-17(16)29/h4-11,29H,12H2,1-3H3,(H,23,26)(H,24,30,31)/b25-14-. The zero-order valence-electron chi connectivity index (χ0n) is 17.4. The van der Waals surface area contributed by atoms with Gasteiger partial charge in [0.1, 0.15) is 5.75 Å². The molecular weight excluding hydrogens is 396 g/mol. The molecule has 9 heteroatoms. The Labute approximate surface area is 177 Å². The Bertz CT molecular complexity index is 1410. The maximum absolute atomic E-state index is 12.6. The average molecular weight is 418 g/mol. The summed E-state index contributed by atoms with van der Waals surface area (Å²) in [6.45, 7) is 4.10. The van der Waals surface area contributed by atoms with Gasteiger partial charge in [-0.05, 0) is 31.5 Å². The van der Waals surface area contributed by atoms with Crippen LogP contribution in [0, 0.1) is 6.92 Å². The lowest BCUT2D eigenvalue weighted by atomic mass is 10.1. The van der Waals surface area contributed by atoms with Crippen LogP contribution in [0.15, 0.2) is 63.2 Å². The molecule has 4 aromatic rings. The maximum atomic E-state index is 12.6. The molecule has 0 unspecified atom stereocenters. The number of hydrogen-bond donors (Lipinski definition) is 3. The average Bonchev–Trinajstić information content (AvgIpc) is 3.11. The van der Waals surface area contributed by atoms with E-state index in [1.807, 2.05) is 31.2 Å². The van der Waals surface area contributed by atoms with E-state index in [1.165, 1.54) is 4.57 Å². The summed E-state index contributed by atoms with van der Waals surface area (Å²) in [6.07, 6.45) is 0. The van der Waals surface area contributed by atoms with Crippen molar-refractivity contribution in [1.29, 1.82) is 0 Å². The van der Waals surface area contributed by atoms with Crippen molar-refractivity contribution < 1.29 is 5.11 Å². The lowest BCUT2D eigenvalue weighted by molar-refractivity contribution is 0.474. The van der Waals surface area contributed by atoms with Crippen molar-refractivity contribution in [3.8, 4) is 5.75 Å². The van der Waals surface area contributed by atoms with Gasteiger partial charge in [-0.2, -0.15) is 10.1 Å². The van der Waals surface area contributed by atoms with Gasteiger partial charge in [0, 0.05) is 12.6 Å². The third-order valence-corrected chi connectivity index (χ3v) is 5.09. The van der Waals surface area contributed by atoms with E-state index >= 15 is 0 Å². The predicted octanol–water partition coefficient (Wildman–Crippen LogP) is 2.32. The number of phenolic OH excluding ortho intramolecular Hbond substituents is 1. The summed E-state index contributed by atoms with van der Waals surface area (Å²) in [6, 6.07) is 14.8. The normalized spacial score (nSPS) is 11.8. The van der Waals surface area contributed by atoms with Gasteiger partial charge >= 0.3 is 5.69 Å². The van der Waals surface area contributed by atoms with E-state index in [0.29, 0.717) is 23.8 Å². The lowest BCUT2D eigenvalue weighted by Crippen LogP contribution is -2.29. The number of nitrogens with zero attached hydrogens (tertiary/aromatic N) is 4. The van der Waals surface area contributed by atoms with Crippen LogP contribution in [0.1, 0.15) is 23.6 Å². The number of anilines is 1. The number of aryl methyl sites for hydroxylation is 2. The number of para-hydroxylation sites is 1. The fraction of sp³-hybridized carbons (Fsp3) is 0.182. The monoisotopic (exact) mass is 418 g/mol. The molecular formula is C22H22N6O3. The summed E-state index contributed by atoms with van der Waals surface area (Å²) in [4.78, 5) is 31.4. The molecule has 2 aromatic carbocycles. The van der Waals surface area contributed by atoms with Crippen molar-refractivity contribution in [3.63, 3.8) is 0 Å². The largest absolute Gasteiger partial charge is 0.507 e. The number of nitrogens with one attached hydrogen (secondary N) is 2. The first-order valence-corrected chi connectivity index (χ1v) is 9.69. The number of aromatic hydroxyl groups is 1. The van der Waals surface area contributed by atoms with E-state index < -0.39 is 11.2 Å². The van der Waals surface area contributed by atoms with Gasteiger partial charge in [-0.3, -0.25) is 18.9 Å². The van der Waals surface area contributed by atoms with Gasteiger partial charge in [0.05, 0.1) is 12.3 Å². The molecule has 158 valence electrons. The number of imidazole rings is 1. The van der Waals surface area contributed by atoms with Crippen molar-refractivity contribution in [2.75, 3.05) is 5.43 Å². The number of hydrazone groups is 1. The first kappa shape index (κ1) is 20.1. The third-order valence-electron chi connectivity index (χ3n) is 5.09. The van der Waals surface area contributed by atoms with Gasteiger partial charge in [0.2, 0.25) is 5.95 Å². The first-order chi connectivity index (χ1) is 14.8. The van der Waals surface area contributed by atoms with Gasteiger partial charge in [0.25, 0.3) is 5.56 Å². The molecule has 0 aliphatic rings. The van der Waals surface area contributed by atoms with E-state index in [4.69, 9.17) is 0 Å². The Morgan fingerprint density at radius 2 is 1.87 bits per heavy atom. The molecule has 0 spiro atoms. The molecule has 2 aromatic heterocycles. The smallest absolute Gasteiger partial charge is 0.329 e. The Kier molecular flexibility index (Phi) is 5.16. The van der Waals surface area contributed by atoms with Crippen LogP contribution in [0.3, 0.4) is 0 Å². The van der Waals surface area contributed by atoms with Crippen molar-refractivity contribution in [2.24, 2.45) is 12.1 Å². The molecule has 0 aliphatic heterocycles. The minimum atomic E-state index is -0.544. The highest BCUT2D eigenvalue weighted by molar-refractivity contribution is 6.01. The molecule has 31 heavy (non-hydrogen) atoms. The fourth-order valence-corrected chi connectivity index (χ4v) is 3.32. The second-order valence-electron chi connectivity index (χ2n) is 7.32. The minimum Gasteiger partial charge on any atom is -0.507 e. The number of aromatic amines is 1. The zero-order chi connectivity index (χ0) is 22.1. The van der Waals surface area contributed by atoms with Gasteiger partial charge in [-0.1, -0.05) is 42.0 Å². The second kappa shape index (κ2) is 7.94. The molecule has 3 N–H and O–H groups in total. The van der Waals surface area contributed by atoms with E-state index in [-0.39, 0.29) is 16.9 Å². The summed E-state index contributed by atoms with van der Waals surface area (Å²) in [7, 11) is 1.55. The molecule has 0 saturated heterocycles. The van der Waals surface area contributed by atoms with E-state index in [0.717, 1.165) is 11.1 Å². The highest BCUT2D eigenvalue weighted by Gasteiger charge is 2.18. The number of H-pyrrole nitrogens is 1. The second-order valence-corrected chi connectivity index (χ2v) is 7.32. The van der Waals surface area contributed by atoms with E-state index in [9.17, 15) is 14.7 Å². The molecule has 2 heterocycles. The minimum absolute atomic E-state index is 0.109. The van der Waals surface area contributed by atoms with Crippen LogP contribution in [0.5, 0.6) is 5.75 Å². The topological polar surface area (TPSA) is 117 Å². The van der Waals surface area contributed by atoms with E-state index in [1.54, 1.807) is 42.8 Å². The molecule has 0 radical (unpaired) electrons. The van der Waals surface area contributed by atoms with Crippen molar-refractivity contribution in [3.05, 3.63) is 86.1 Å². The van der Waals surface area contributed by atoms with Crippen LogP contribution in [-0.2, 0) is 13.6 Å². The Morgan fingerprint density at radius 1 is 1.16 bits per heavy atom. The molecule has 0 aliphatic carbocycles. The number of aromatic nitrogens is 4. The molecule has 0 bridgehead atoms. The quantitative estimate of drug-likeness (QED) is 0.340. The van der Waals surface area contributed by atoms with Gasteiger partial charge < -0.3 is 5.11 Å². The van der Waals surface area contributed by atoms with Gasteiger partial charge in [-0.15, -0.1) is 0 Å². The summed E-state index contributed by atoms with van der Waals surface area (Å²) in [5.41, 5.74) is 5.54. The lowest BCUT2D eigenvalue weighted by Gasteiger charge is -2.10. The van der Waals surface area contributed by atoms with E-state index in [2.05, 4.69) is 20.5 Å². The van der Waals surface area contributed by atoms with Crippen LogP contribution in [0.25, 0.3) is 11.2 Å². The molecule has 0 saturated carbocycles. The molecule has 0 atom stereocenters. The SMILES string of the molecule is C/C(=N/Nc1nc2c(c(=O)[nH]c(=O)n2C)n1Cc1ccc(C)cc1)c1ccccc1O. The number of benzene rings is 2. The van der Waals surface area contributed by atoms with Crippen LogP contribution in [0.4, 0.5) is 5.95 Å². The van der Waals surface area contributed by atoms with Gasteiger partial charge in [0.15, 0.2) is 11.2 Å². The first-order valence-electron chi connectivity index (χ1n) is 9.69. The van der Waals surface area contributed by atoms with Crippen LogP contribution < -0.4 is 16.7 Å². The third kappa shape index (κ3) is 3.85. The highest BCUT2D eigenvalue weighted by atomic mass is 16.3. The summed E-state index contributed by atoms with van der Waals surface area (Å²) in [5.74, 6) is 0.412. The summed E-state index contributed by atoms with van der Waals surface area (Å²) >= 11 is 0. The number of phenols is 1. The molecule has 9 nitrogen and oxygen atoms in total. The number of rotatable bonds is 5. The Morgan fingerprint density at radius 3 is 2.58 bits per heavy atom. The van der Waals surface area contributed by atoms with Crippen LogP contribution in [-0.4, -0.2) is 29.9 Å². The molecule has 4 rings (SSSR count). The predicted molar refractivity (Wildman–Crippen MR) is 120 cm³/mol. The zero-order valence-corrected chi connectivity index (χ0v) is 17.4. The summed E-state index contributed by atoms with van der Waals surface area (Å²) in [5, 5.41) is 14.4. The Balaban J connectivity index is 1.83. The molecule has 0 fully saturated rings. The van der Waals surface area contributed by atoms with Crippen LogP contribution >= 0.6 is 0 Å². The van der Waals surface area contributed by atoms with Crippen molar-refractivity contribution >= 4 is 22.8 Å². The highest BCUT2D eigenvalue weighted by Crippen LogP contribution is 2.20. The van der Waals surface area contributed by atoms with Crippen molar-refractivity contribution in [1.82, 2.24) is 19.1 Å².